The number of rotatable bonds is 4. The molecule has 86 valence electrons. The number of hydrogen-bond donors (Lipinski definition) is 1. The van der Waals surface area contributed by atoms with Crippen molar-refractivity contribution < 1.29 is 14.3 Å². The zero-order valence-electron chi connectivity index (χ0n) is 8.84. The van der Waals surface area contributed by atoms with E-state index >= 15 is 0 Å². The molecule has 0 aliphatic rings. The molecule has 1 N–H and O–H groups in total. The first kappa shape index (κ1) is 12.9. The van der Waals surface area contributed by atoms with Crippen LogP contribution in [0.2, 0.25) is 0 Å². The summed E-state index contributed by atoms with van der Waals surface area (Å²) in [4.78, 5) is 11.2. The van der Waals surface area contributed by atoms with Crippen molar-refractivity contribution in [1.29, 1.82) is 0 Å². The molecule has 0 heterocycles. The van der Waals surface area contributed by atoms with Gasteiger partial charge in [-0.25, -0.2) is 4.39 Å². The molecule has 1 aromatic carbocycles. The van der Waals surface area contributed by atoms with Crippen molar-refractivity contribution in [2.45, 2.75) is 18.8 Å². The highest BCUT2D eigenvalue weighted by Gasteiger charge is 2.36. The van der Waals surface area contributed by atoms with E-state index in [1.165, 1.54) is 31.2 Å². The van der Waals surface area contributed by atoms with Crippen LogP contribution in [-0.2, 0) is 10.2 Å². The quantitative estimate of drug-likeness (QED) is 0.860. The predicted molar refractivity (Wildman–Crippen MR) is 63.9 cm³/mol. The molecule has 0 amide bonds. The van der Waals surface area contributed by atoms with Gasteiger partial charge < -0.3 is 5.11 Å². The minimum Gasteiger partial charge on any atom is -0.481 e. The average Bonchev–Trinajstić information content (AvgIpc) is 2.21. The van der Waals surface area contributed by atoms with Crippen LogP contribution in [0, 0.1) is 5.82 Å². The van der Waals surface area contributed by atoms with Crippen molar-refractivity contribution in [3.8, 4) is 0 Å². The van der Waals surface area contributed by atoms with Crippen LogP contribution in [0.1, 0.15) is 18.9 Å². The molecule has 0 fully saturated rings. The fourth-order valence-corrected chi connectivity index (χ4v) is 1.88. The Labute approximate surface area is 102 Å². The fourth-order valence-electron chi connectivity index (χ4n) is 1.52. The normalized spacial score (nSPS) is 14.2. The van der Waals surface area contributed by atoms with Crippen LogP contribution in [0.15, 0.2) is 35.3 Å². The maximum atomic E-state index is 13.6. The summed E-state index contributed by atoms with van der Waals surface area (Å²) in [6, 6.07) is 4.28. The van der Waals surface area contributed by atoms with E-state index in [-0.39, 0.29) is 12.0 Å². The number of aliphatic carboxylic acids is 1. The molecule has 0 saturated heterocycles. The molecule has 0 radical (unpaired) electrons. The van der Waals surface area contributed by atoms with Gasteiger partial charge in [-0.3, -0.25) is 4.79 Å². The van der Waals surface area contributed by atoms with Gasteiger partial charge in [-0.2, -0.15) is 0 Å². The second-order valence-electron chi connectivity index (χ2n) is 3.75. The molecule has 0 aromatic heterocycles. The highest BCUT2D eigenvalue weighted by Crippen LogP contribution is 2.32. The molecule has 16 heavy (non-hydrogen) atoms. The zero-order valence-corrected chi connectivity index (χ0v) is 10.4. The van der Waals surface area contributed by atoms with Gasteiger partial charge in [0.25, 0.3) is 0 Å². The summed E-state index contributed by atoms with van der Waals surface area (Å²) in [5, 5.41) is 9.20. The Morgan fingerprint density at radius 3 is 2.81 bits per heavy atom. The molecule has 0 spiro atoms. The van der Waals surface area contributed by atoms with Gasteiger partial charge in [0.15, 0.2) is 0 Å². The smallest absolute Gasteiger partial charge is 0.314 e. The fraction of sp³-hybridized carbons (Fsp3) is 0.250. The second kappa shape index (κ2) is 4.78. The van der Waals surface area contributed by atoms with E-state index in [0.29, 0.717) is 4.47 Å². The first-order valence-corrected chi connectivity index (χ1v) is 5.51. The van der Waals surface area contributed by atoms with Crippen LogP contribution in [0.4, 0.5) is 4.39 Å². The van der Waals surface area contributed by atoms with Gasteiger partial charge in [0.2, 0.25) is 0 Å². The Morgan fingerprint density at radius 1 is 1.69 bits per heavy atom. The van der Waals surface area contributed by atoms with Gasteiger partial charge in [0.1, 0.15) is 5.82 Å². The molecule has 4 heteroatoms. The molecule has 0 aliphatic carbocycles. The molecule has 1 atom stereocenters. The third kappa shape index (κ3) is 2.32. The average molecular weight is 287 g/mol. The largest absolute Gasteiger partial charge is 0.481 e. The van der Waals surface area contributed by atoms with Crippen molar-refractivity contribution >= 4 is 21.9 Å². The van der Waals surface area contributed by atoms with E-state index in [4.69, 9.17) is 0 Å². The van der Waals surface area contributed by atoms with E-state index < -0.39 is 17.2 Å². The van der Waals surface area contributed by atoms with Gasteiger partial charge in [0, 0.05) is 10.0 Å². The minimum absolute atomic E-state index is 0.161. The first-order chi connectivity index (χ1) is 7.41. The Balaban J connectivity index is 3.36. The van der Waals surface area contributed by atoms with Crippen LogP contribution in [-0.4, -0.2) is 11.1 Å². The van der Waals surface area contributed by atoms with Gasteiger partial charge in [-0.1, -0.05) is 22.0 Å². The van der Waals surface area contributed by atoms with Gasteiger partial charge in [-0.05, 0) is 31.5 Å². The Kier molecular flexibility index (Phi) is 3.86. The van der Waals surface area contributed by atoms with E-state index in [1.807, 2.05) is 0 Å². The molecule has 0 bridgehead atoms. The van der Waals surface area contributed by atoms with Gasteiger partial charge in [-0.15, -0.1) is 6.58 Å². The van der Waals surface area contributed by atoms with Crippen LogP contribution in [0.3, 0.4) is 0 Å². The lowest BCUT2D eigenvalue weighted by Crippen LogP contribution is -2.32. The highest BCUT2D eigenvalue weighted by molar-refractivity contribution is 9.10. The molecule has 1 unspecified atom stereocenters. The SMILES string of the molecule is C=CCC(C)(C(=O)O)c1cc(Br)ccc1F. The number of carboxylic acids is 1. The number of carbonyl (C=O) groups is 1. The third-order valence-electron chi connectivity index (χ3n) is 2.55. The lowest BCUT2D eigenvalue weighted by Gasteiger charge is -2.24. The number of hydrogen-bond acceptors (Lipinski definition) is 1. The van der Waals surface area contributed by atoms with Crippen LogP contribution < -0.4 is 0 Å². The Hall–Kier alpha value is -1.16. The summed E-state index contributed by atoms with van der Waals surface area (Å²) in [6.07, 6.45) is 1.66. The number of carboxylic acid groups (broad SMARTS) is 1. The Morgan fingerprint density at radius 2 is 2.31 bits per heavy atom. The van der Waals surface area contributed by atoms with Crippen LogP contribution >= 0.6 is 15.9 Å². The van der Waals surface area contributed by atoms with Crippen LogP contribution in [0.25, 0.3) is 0 Å². The molecule has 1 rings (SSSR count). The summed E-state index contributed by atoms with van der Waals surface area (Å²) in [7, 11) is 0. The van der Waals surface area contributed by atoms with Crippen molar-refractivity contribution in [2.24, 2.45) is 0 Å². The first-order valence-electron chi connectivity index (χ1n) is 4.71. The summed E-state index contributed by atoms with van der Waals surface area (Å²) < 4.78 is 14.3. The van der Waals surface area contributed by atoms with E-state index in [1.54, 1.807) is 0 Å². The van der Waals surface area contributed by atoms with Crippen molar-refractivity contribution in [2.75, 3.05) is 0 Å². The van der Waals surface area contributed by atoms with Gasteiger partial charge in [0.05, 0.1) is 5.41 Å². The highest BCUT2D eigenvalue weighted by atomic mass is 79.9. The molecular weight excluding hydrogens is 275 g/mol. The topological polar surface area (TPSA) is 37.3 Å². The maximum Gasteiger partial charge on any atom is 0.314 e. The summed E-state index contributed by atoms with van der Waals surface area (Å²) in [6.45, 7) is 5.00. The molecule has 2 nitrogen and oxygen atoms in total. The summed E-state index contributed by atoms with van der Waals surface area (Å²) in [5.41, 5.74) is -1.12. The van der Waals surface area contributed by atoms with Crippen molar-refractivity contribution in [3.05, 3.63) is 46.7 Å². The second-order valence-corrected chi connectivity index (χ2v) is 4.67. The lowest BCUT2D eigenvalue weighted by atomic mass is 9.79. The van der Waals surface area contributed by atoms with E-state index in [9.17, 15) is 14.3 Å². The van der Waals surface area contributed by atoms with Gasteiger partial charge >= 0.3 is 5.97 Å². The predicted octanol–water partition coefficient (Wildman–Crippen LogP) is 3.51. The van der Waals surface area contributed by atoms with E-state index in [2.05, 4.69) is 22.5 Å². The van der Waals surface area contributed by atoms with Crippen molar-refractivity contribution in [3.63, 3.8) is 0 Å². The third-order valence-corrected chi connectivity index (χ3v) is 3.04. The molecule has 0 saturated carbocycles. The Bertz CT molecular complexity index is 431. The van der Waals surface area contributed by atoms with E-state index in [0.717, 1.165) is 0 Å². The minimum atomic E-state index is -1.28. The number of allylic oxidation sites excluding steroid dienone is 1. The molecule has 0 aliphatic heterocycles. The molecule has 1 aromatic rings. The van der Waals surface area contributed by atoms with Crippen molar-refractivity contribution in [1.82, 2.24) is 0 Å². The monoisotopic (exact) mass is 286 g/mol. The number of halogens is 2. The lowest BCUT2D eigenvalue weighted by molar-refractivity contribution is -0.143. The zero-order chi connectivity index (χ0) is 12.3. The summed E-state index contributed by atoms with van der Waals surface area (Å²) >= 11 is 3.20. The molecular formula is C12H12BrFO2. The maximum absolute atomic E-state index is 13.6. The summed E-state index contributed by atoms with van der Waals surface area (Å²) in [5.74, 6) is -1.58. The number of benzene rings is 1. The standard InChI is InChI=1S/C12H12BrFO2/c1-3-6-12(2,11(15)16)9-7-8(13)4-5-10(9)14/h3-5,7H,1,6H2,2H3,(H,15,16). The van der Waals surface area contributed by atoms with Crippen LogP contribution in [0.5, 0.6) is 0 Å².